The summed E-state index contributed by atoms with van der Waals surface area (Å²) in [7, 11) is 0.831. The summed E-state index contributed by atoms with van der Waals surface area (Å²) in [6, 6.07) is -0.288. The maximum atomic E-state index is 13.4. The molecule has 0 bridgehead atoms. The summed E-state index contributed by atoms with van der Waals surface area (Å²) < 4.78 is 50.4. The third kappa shape index (κ3) is 6.06. The molecule has 0 spiro atoms. The number of rotatable bonds is 12. The number of hydrogen-bond acceptors (Lipinski definition) is 10. The largest absolute Gasteiger partial charge is 0.382 e. The topological polar surface area (TPSA) is 128 Å². The minimum Gasteiger partial charge on any atom is -0.382 e. The van der Waals surface area contributed by atoms with Crippen molar-refractivity contribution in [2.75, 3.05) is 47.8 Å². The van der Waals surface area contributed by atoms with Crippen LogP contribution in [0.2, 0.25) is 5.02 Å². The zero-order valence-corrected chi connectivity index (χ0v) is 20.8. The molecule has 2 aromatic rings. The molecule has 1 saturated heterocycles. The molecule has 2 aromatic heterocycles. The van der Waals surface area contributed by atoms with Crippen LogP contribution in [-0.4, -0.2) is 86.2 Å². The molecule has 33 heavy (non-hydrogen) atoms. The molecule has 0 radical (unpaired) electrons. The number of hydrogen-bond donors (Lipinski definition) is 0. The van der Waals surface area contributed by atoms with Gasteiger partial charge in [-0.05, 0) is 13.3 Å². The Morgan fingerprint density at radius 1 is 1.18 bits per heavy atom. The number of aromatic nitrogens is 5. The fourth-order valence-electron chi connectivity index (χ4n) is 3.91. The molecule has 3 rings (SSSR count). The first-order valence-corrected chi connectivity index (χ1v) is 12.6. The van der Waals surface area contributed by atoms with Gasteiger partial charge in [0.05, 0.1) is 36.1 Å². The second-order valence-electron chi connectivity index (χ2n) is 7.90. The Bertz CT molecular complexity index is 991. The predicted octanol–water partition coefficient (Wildman–Crippen LogP) is 1.75. The van der Waals surface area contributed by atoms with Crippen LogP contribution in [0, 0.1) is 0 Å². The Hall–Kier alpha value is -1.70. The van der Waals surface area contributed by atoms with Gasteiger partial charge < -0.3 is 23.5 Å². The summed E-state index contributed by atoms with van der Waals surface area (Å²) in [6.07, 6.45) is 2.72. The molecule has 3 atom stereocenters. The summed E-state index contributed by atoms with van der Waals surface area (Å²) in [5.41, 5.74) is 0. The molecule has 3 heterocycles. The average molecular weight is 504 g/mol. The lowest BCUT2D eigenvalue weighted by atomic mass is 10.1. The van der Waals surface area contributed by atoms with Gasteiger partial charge in [-0.15, -0.1) is 10.2 Å². The van der Waals surface area contributed by atoms with Gasteiger partial charge in [0.15, 0.2) is 15.7 Å². The molecule has 0 saturated carbocycles. The van der Waals surface area contributed by atoms with E-state index in [-0.39, 0.29) is 23.5 Å². The van der Waals surface area contributed by atoms with E-state index in [1.54, 1.807) is 21.1 Å². The van der Waals surface area contributed by atoms with Gasteiger partial charge in [-0.3, -0.25) is 0 Å². The molecule has 0 aromatic carbocycles. The monoisotopic (exact) mass is 503 g/mol. The van der Waals surface area contributed by atoms with Crippen molar-refractivity contribution >= 4 is 21.4 Å². The van der Waals surface area contributed by atoms with Gasteiger partial charge >= 0.3 is 0 Å². The molecular formula is C20H30ClN5O6S. The van der Waals surface area contributed by atoms with Crippen molar-refractivity contribution in [3.63, 3.8) is 0 Å². The van der Waals surface area contributed by atoms with Crippen molar-refractivity contribution in [3.8, 4) is 0 Å². The lowest BCUT2D eigenvalue weighted by Gasteiger charge is -2.24. The molecular weight excluding hydrogens is 474 g/mol. The van der Waals surface area contributed by atoms with Gasteiger partial charge in [-0.1, -0.05) is 11.6 Å². The van der Waals surface area contributed by atoms with Gasteiger partial charge in [-0.25, -0.2) is 18.4 Å². The highest BCUT2D eigenvalue weighted by atomic mass is 35.5. The van der Waals surface area contributed by atoms with Gasteiger partial charge in [0.25, 0.3) is 0 Å². The Morgan fingerprint density at radius 3 is 2.39 bits per heavy atom. The lowest BCUT2D eigenvalue weighted by Crippen LogP contribution is -2.31. The molecule has 0 amide bonds. The molecule has 1 aliphatic heterocycles. The van der Waals surface area contributed by atoms with Crippen molar-refractivity contribution in [3.05, 3.63) is 34.9 Å². The quantitative estimate of drug-likeness (QED) is 0.422. The molecule has 1 aliphatic rings. The maximum absolute atomic E-state index is 13.4. The third-order valence-corrected chi connectivity index (χ3v) is 7.88. The van der Waals surface area contributed by atoms with Crippen LogP contribution < -0.4 is 0 Å². The maximum Gasteiger partial charge on any atom is 0.163 e. The smallest absolute Gasteiger partial charge is 0.163 e. The normalized spacial score (nSPS) is 18.7. The standard InChI is InChI=1S/C20H30ClN5O6S/c1-13(18(31-4)19-22-7-15(21)8-23-19)33(27,28)12-17-24-25-20(14-5-6-32-9-14)26(17)16(10-29-2)11-30-3/h7-8,13-14,16,18H,5-6,9-12H2,1-4H3/t13-,14-,18-/m0/s1. The van der Waals surface area contributed by atoms with Crippen LogP contribution in [0.25, 0.3) is 0 Å². The molecule has 1 fully saturated rings. The van der Waals surface area contributed by atoms with Crippen LogP contribution in [-0.2, 0) is 34.5 Å². The number of methoxy groups -OCH3 is 3. The van der Waals surface area contributed by atoms with Crippen LogP contribution in [0.3, 0.4) is 0 Å². The van der Waals surface area contributed by atoms with Crippen molar-refractivity contribution in [1.29, 1.82) is 0 Å². The van der Waals surface area contributed by atoms with E-state index >= 15 is 0 Å². The summed E-state index contributed by atoms with van der Waals surface area (Å²) in [4.78, 5) is 8.26. The number of halogens is 1. The van der Waals surface area contributed by atoms with E-state index in [1.165, 1.54) is 19.5 Å². The lowest BCUT2D eigenvalue weighted by molar-refractivity contribution is 0.0860. The van der Waals surface area contributed by atoms with Crippen molar-refractivity contribution in [2.45, 2.75) is 42.4 Å². The zero-order valence-electron chi connectivity index (χ0n) is 19.2. The van der Waals surface area contributed by atoms with Crippen LogP contribution in [0.1, 0.15) is 48.9 Å². The molecule has 184 valence electrons. The van der Waals surface area contributed by atoms with Crippen molar-refractivity contribution in [1.82, 2.24) is 24.7 Å². The van der Waals surface area contributed by atoms with Crippen molar-refractivity contribution in [2.24, 2.45) is 0 Å². The first-order chi connectivity index (χ1) is 15.8. The minimum atomic E-state index is -3.75. The first-order valence-electron chi connectivity index (χ1n) is 10.5. The molecule has 11 nitrogen and oxygen atoms in total. The van der Waals surface area contributed by atoms with Crippen LogP contribution >= 0.6 is 11.6 Å². The SMILES string of the molecule is COCC(COC)n1c(CS(=O)(=O)[C@@H](C)[C@H](OC)c2ncc(Cl)cn2)nnc1[C@H]1CCOC1. The van der Waals surface area contributed by atoms with Crippen LogP contribution in [0.4, 0.5) is 0 Å². The number of ether oxygens (including phenoxy) is 4. The highest BCUT2D eigenvalue weighted by Crippen LogP contribution is 2.30. The van der Waals surface area contributed by atoms with Gasteiger partial charge in [-0.2, -0.15) is 0 Å². The second-order valence-corrected chi connectivity index (χ2v) is 10.7. The Labute approximate surface area is 198 Å². The van der Waals surface area contributed by atoms with Gasteiger partial charge in [0.2, 0.25) is 0 Å². The highest BCUT2D eigenvalue weighted by molar-refractivity contribution is 7.91. The van der Waals surface area contributed by atoms with E-state index < -0.39 is 21.2 Å². The van der Waals surface area contributed by atoms with E-state index in [0.29, 0.717) is 43.1 Å². The Balaban J connectivity index is 1.93. The molecule has 0 aliphatic carbocycles. The van der Waals surface area contributed by atoms with E-state index in [1.807, 2.05) is 4.57 Å². The van der Waals surface area contributed by atoms with Crippen molar-refractivity contribution < 1.29 is 27.4 Å². The molecule has 0 N–H and O–H groups in total. The fraction of sp³-hybridized carbons (Fsp3) is 0.700. The molecule has 0 unspecified atom stereocenters. The number of sulfone groups is 1. The van der Waals surface area contributed by atoms with E-state index in [4.69, 9.17) is 30.5 Å². The Morgan fingerprint density at radius 2 is 1.85 bits per heavy atom. The van der Waals surface area contributed by atoms with Gasteiger partial charge in [0.1, 0.15) is 23.5 Å². The predicted molar refractivity (Wildman–Crippen MR) is 120 cm³/mol. The third-order valence-electron chi connectivity index (χ3n) is 5.64. The highest BCUT2D eigenvalue weighted by Gasteiger charge is 2.36. The van der Waals surface area contributed by atoms with Crippen LogP contribution in [0.15, 0.2) is 12.4 Å². The number of nitrogens with zero attached hydrogens (tertiary/aromatic N) is 5. The van der Waals surface area contributed by atoms with E-state index in [9.17, 15) is 8.42 Å². The summed E-state index contributed by atoms with van der Waals surface area (Å²) in [5, 5.41) is 8.01. The summed E-state index contributed by atoms with van der Waals surface area (Å²) in [6.45, 7) is 3.32. The van der Waals surface area contributed by atoms with Gasteiger partial charge in [0, 0.05) is 46.2 Å². The zero-order chi connectivity index (χ0) is 24.0. The fourth-order valence-corrected chi connectivity index (χ4v) is 5.43. The van der Waals surface area contributed by atoms with Crippen LogP contribution in [0.5, 0.6) is 0 Å². The summed E-state index contributed by atoms with van der Waals surface area (Å²) in [5.74, 6) is 0.909. The summed E-state index contributed by atoms with van der Waals surface area (Å²) >= 11 is 5.86. The first kappa shape index (κ1) is 25.9. The molecule has 13 heteroatoms. The second kappa shape index (κ2) is 11.6. The average Bonchev–Trinajstić information content (AvgIpc) is 3.45. The Kier molecular flexibility index (Phi) is 9.13. The van der Waals surface area contributed by atoms with E-state index in [0.717, 1.165) is 6.42 Å². The van der Waals surface area contributed by atoms with E-state index in [2.05, 4.69) is 20.2 Å². The minimum absolute atomic E-state index is 0.0248.